The van der Waals surface area contributed by atoms with Crippen LogP contribution in [0.5, 0.6) is 0 Å². The lowest BCUT2D eigenvalue weighted by Gasteiger charge is -2.59. The molecule has 3 saturated carbocycles. The molecule has 0 aromatic carbocycles. The summed E-state index contributed by atoms with van der Waals surface area (Å²) < 4.78 is 10.8. The Bertz CT molecular complexity index is 806. The molecule has 32 heavy (non-hydrogen) atoms. The molecule has 0 saturated heterocycles. The molecule has 4 aliphatic rings. The van der Waals surface area contributed by atoms with Crippen molar-refractivity contribution >= 4 is 11.9 Å². The third-order valence-corrected chi connectivity index (χ3v) is 9.97. The first kappa shape index (κ1) is 23.7. The summed E-state index contributed by atoms with van der Waals surface area (Å²) in [5.41, 5.74) is -0.160. The number of aliphatic hydroxyl groups is 2. The summed E-state index contributed by atoms with van der Waals surface area (Å²) in [5, 5.41) is 23.0. The van der Waals surface area contributed by atoms with Crippen molar-refractivity contribution in [3.8, 4) is 0 Å². The second-order valence-electron chi connectivity index (χ2n) is 11.5. The van der Waals surface area contributed by atoms with E-state index in [-0.39, 0.29) is 41.9 Å². The Morgan fingerprint density at radius 3 is 2.53 bits per heavy atom. The summed E-state index contributed by atoms with van der Waals surface area (Å²) in [6.07, 6.45) is 7.67. The lowest BCUT2D eigenvalue weighted by atomic mass is 9.46. The summed E-state index contributed by atoms with van der Waals surface area (Å²) >= 11 is 0. The van der Waals surface area contributed by atoms with Crippen molar-refractivity contribution in [2.45, 2.75) is 97.4 Å². The molecule has 0 unspecified atom stereocenters. The van der Waals surface area contributed by atoms with Crippen LogP contribution in [0.3, 0.4) is 0 Å². The van der Waals surface area contributed by atoms with Gasteiger partial charge in [0.2, 0.25) is 0 Å². The minimum atomic E-state index is -1.27. The van der Waals surface area contributed by atoms with Crippen molar-refractivity contribution in [3.63, 3.8) is 0 Å². The van der Waals surface area contributed by atoms with Gasteiger partial charge in [-0.1, -0.05) is 32.4 Å². The van der Waals surface area contributed by atoms with E-state index in [1.807, 2.05) is 6.92 Å². The number of fused-ring (bicyclic) bond motifs is 5. The molecule has 0 aliphatic heterocycles. The minimum absolute atomic E-state index is 0.0160. The van der Waals surface area contributed by atoms with Gasteiger partial charge in [0.1, 0.15) is 11.7 Å². The summed E-state index contributed by atoms with van der Waals surface area (Å²) in [6.45, 7) is 9.40. The number of hydrogen-bond acceptors (Lipinski definition) is 6. The van der Waals surface area contributed by atoms with Crippen molar-refractivity contribution < 1.29 is 29.3 Å². The van der Waals surface area contributed by atoms with E-state index in [2.05, 4.69) is 19.9 Å². The van der Waals surface area contributed by atoms with Gasteiger partial charge >= 0.3 is 11.9 Å². The fourth-order valence-electron chi connectivity index (χ4n) is 8.28. The van der Waals surface area contributed by atoms with Gasteiger partial charge in [0.25, 0.3) is 0 Å². The highest BCUT2D eigenvalue weighted by Gasteiger charge is 2.68. The van der Waals surface area contributed by atoms with Crippen LogP contribution in [0.2, 0.25) is 0 Å². The molecule has 0 aromatic heterocycles. The first-order valence-corrected chi connectivity index (χ1v) is 12.3. The number of rotatable bonds is 4. The van der Waals surface area contributed by atoms with Gasteiger partial charge in [0.15, 0.2) is 0 Å². The van der Waals surface area contributed by atoms with Crippen molar-refractivity contribution in [2.75, 3.05) is 6.61 Å². The van der Waals surface area contributed by atoms with Crippen molar-refractivity contribution in [1.29, 1.82) is 0 Å². The zero-order valence-corrected chi connectivity index (χ0v) is 20.2. The third-order valence-electron chi connectivity index (χ3n) is 9.97. The number of allylic oxidation sites excluding steroid dienone is 1. The number of carbonyl (C=O) groups is 2. The van der Waals surface area contributed by atoms with Crippen LogP contribution in [0, 0.1) is 34.5 Å². The highest BCUT2D eigenvalue weighted by Crippen LogP contribution is 2.68. The maximum Gasteiger partial charge on any atom is 0.302 e. The molecule has 9 atom stereocenters. The quantitative estimate of drug-likeness (QED) is 0.502. The van der Waals surface area contributed by atoms with Gasteiger partial charge in [0, 0.05) is 31.6 Å². The van der Waals surface area contributed by atoms with E-state index in [0.29, 0.717) is 18.3 Å². The van der Waals surface area contributed by atoms with Crippen LogP contribution >= 0.6 is 0 Å². The van der Waals surface area contributed by atoms with Crippen molar-refractivity contribution in [2.24, 2.45) is 34.5 Å². The molecule has 2 N–H and O–H groups in total. The Balaban J connectivity index is 1.59. The Kier molecular flexibility index (Phi) is 6.03. The Morgan fingerprint density at radius 2 is 1.88 bits per heavy atom. The highest BCUT2D eigenvalue weighted by atomic mass is 16.5. The average Bonchev–Trinajstić information content (AvgIpc) is 2.93. The van der Waals surface area contributed by atoms with Crippen molar-refractivity contribution in [1.82, 2.24) is 0 Å². The van der Waals surface area contributed by atoms with E-state index >= 15 is 0 Å². The van der Waals surface area contributed by atoms with Crippen LogP contribution in [0.25, 0.3) is 0 Å². The van der Waals surface area contributed by atoms with E-state index in [4.69, 9.17) is 9.47 Å². The molecule has 0 bridgehead atoms. The standard InChI is InChI=1S/C26H40O6/c1-15(14-31-16(2)27)26(30)23(29)13-22-20-7-6-18-12-19(32-17(3)28)8-10-24(18,4)21(20)9-11-25(22,26)5/h6,15,19-23,29-30H,7-14H2,1-5H3/t15-,19+,20-,21+,22+,23-,24+,25+,26-/m1/s1. The zero-order chi connectivity index (χ0) is 23.5. The van der Waals surface area contributed by atoms with Gasteiger partial charge < -0.3 is 19.7 Å². The number of ether oxygens (including phenoxy) is 2. The summed E-state index contributed by atoms with van der Waals surface area (Å²) in [4.78, 5) is 22.8. The SMILES string of the molecule is CC(=O)OC[C@@H](C)[C@@]1(O)[C@H](O)C[C@H]2[C@@H]3CC=C4C[C@@H](OC(C)=O)CC[C@]4(C)[C@H]3CC[C@@]21C. The van der Waals surface area contributed by atoms with E-state index in [1.165, 1.54) is 19.4 Å². The maximum absolute atomic E-state index is 11.9. The Labute approximate surface area is 191 Å². The van der Waals surface area contributed by atoms with Crippen LogP contribution < -0.4 is 0 Å². The topological polar surface area (TPSA) is 93.1 Å². The third kappa shape index (κ3) is 3.44. The van der Waals surface area contributed by atoms with Crippen molar-refractivity contribution in [3.05, 3.63) is 11.6 Å². The molecule has 4 rings (SSSR count). The first-order chi connectivity index (χ1) is 14.9. The van der Waals surface area contributed by atoms with Gasteiger partial charge in [-0.3, -0.25) is 9.59 Å². The summed E-state index contributed by atoms with van der Waals surface area (Å²) in [7, 11) is 0. The highest BCUT2D eigenvalue weighted by molar-refractivity contribution is 5.66. The molecule has 3 fully saturated rings. The number of aliphatic hydroxyl groups excluding tert-OH is 1. The van der Waals surface area contributed by atoms with E-state index in [0.717, 1.165) is 38.5 Å². The number of carbonyl (C=O) groups excluding carboxylic acids is 2. The summed E-state index contributed by atoms with van der Waals surface area (Å²) in [6, 6.07) is 0. The molecular formula is C26H40O6. The van der Waals surface area contributed by atoms with E-state index < -0.39 is 17.1 Å². The maximum atomic E-state index is 11.9. The number of hydrogen-bond donors (Lipinski definition) is 2. The molecule has 6 heteroatoms. The summed E-state index contributed by atoms with van der Waals surface area (Å²) in [5.74, 6) is 0.248. The monoisotopic (exact) mass is 448 g/mol. The van der Waals surface area contributed by atoms with E-state index in [1.54, 1.807) is 0 Å². The second-order valence-corrected chi connectivity index (χ2v) is 11.5. The van der Waals surface area contributed by atoms with E-state index in [9.17, 15) is 19.8 Å². The van der Waals surface area contributed by atoms with Crippen LogP contribution in [-0.4, -0.2) is 46.6 Å². The fourth-order valence-corrected chi connectivity index (χ4v) is 8.28. The molecule has 0 spiro atoms. The average molecular weight is 449 g/mol. The largest absolute Gasteiger partial charge is 0.465 e. The predicted molar refractivity (Wildman–Crippen MR) is 119 cm³/mol. The molecular weight excluding hydrogens is 408 g/mol. The molecule has 4 aliphatic carbocycles. The fraction of sp³-hybridized carbons (Fsp3) is 0.846. The Morgan fingerprint density at radius 1 is 1.16 bits per heavy atom. The number of esters is 2. The second kappa shape index (κ2) is 8.12. The lowest BCUT2D eigenvalue weighted by molar-refractivity contribution is -0.191. The lowest BCUT2D eigenvalue weighted by Crippen LogP contribution is -2.60. The van der Waals surface area contributed by atoms with Crippen LogP contribution in [0.15, 0.2) is 11.6 Å². The van der Waals surface area contributed by atoms with Gasteiger partial charge in [-0.2, -0.15) is 0 Å². The van der Waals surface area contributed by atoms with Gasteiger partial charge in [-0.15, -0.1) is 0 Å². The van der Waals surface area contributed by atoms with Crippen LogP contribution in [0.1, 0.15) is 79.6 Å². The normalized spacial score (nSPS) is 46.2. The zero-order valence-electron chi connectivity index (χ0n) is 20.2. The smallest absolute Gasteiger partial charge is 0.302 e. The first-order valence-electron chi connectivity index (χ1n) is 12.3. The minimum Gasteiger partial charge on any atom is -0.465 e. The molecule has 0 aromatic rings. The Hall–Kier alpha value is -1.40. The predicted octanol–water partition coefficient (Wildman–Crippen LogP) is 3.78. The molecule has 180 valence electrons. The molecule has 0 heterocycles. The van der Waals surface area contributed by atoms with Gasteiger partial charge in [-0.05, 0) is 61.7 Å². The van der Waals surface area contributed by atoms with Crippen LogP contribution in [0.4, 0.5) is 0 Å². The molecule has 0 radical (unpaired) electrons. The molecule has 0 amide bonds. The van der Waals surface area contributed by atoms with Gasteiger partial charge in [0.05, 0.1) is 12.7 Å². The molecule has 6 nitrogen and oxygen atoms in total. The van der Waals surface area contributed by atoms with Crippen LogP contribution in [-0.2, 0) is 19.1 Å². The van der Waals surface area contributed by atoms with Gasteiger partial charge in [-0.25, -0.2) is 0 Å².